The van der Waals surface area contributed by atoms with E-state index in [0.717, 1.165) is 33.6 Å². The summed E-state index contributed by atoms with van der Waals surface area (Å²) in [7, 11) is -2.36. The minimum absolute atomic E-state index is 0.217. The van der Waals surface area contributed by atoms with Gasteiger partial charge in [0, 0.05) is 19.0 Å². The van der Waals surface area contributed by atoms with Crippen LogP contribution in [0.5, 0.6) is 0 Å². The SMILES string of the molecule is COC(=O)c1sc(NC(=O)C2CCN(S(=O)(=O)c3c(C)c(C)cc(C)c3C)CC2)nc1C. The fourth-order valence-corrected chi connectivity index (χ4v) is 6.93. The normalized spacial score (nSPS) is 15.6. The molecule has 0 atom stereocenters. The third-order valence-corrected chi connectivity index (χ3v) is 9.34. The molecule has 3 rings (SSSR count). The number of aromatic nitrogens is 1. The van der Waals surface area contributed by atoms with Crippen LogP contribution in [0.4, 0.5) is 5.13 Å². The van der Waals surface area contributed by atoms with Gasteiger partial charge in [-0.25, -0.2) is 18.2 Å². The van der Waals surface area contributed by atoms with Crippen molar-refractivity contribution in [3.05, 3.63) is 38.9 Å². The summed E-state index contributed by atoms with van der Waals surface area (Å²) < 4.78 is 33.0. The van der Waals surface area contributed by atoms with Crippen molar-refractivity contribution in [1.82, 2.24) is 9.29 Å². The van der Waals surface area contributed by atoms with Gasteiger partial charge in [-0.15, -0.1) is 0 Å². The van der Waals surface area contributed by atoms with E-state index in [1.165, 1.54) is 11.4 Å². The van der Waals surface area contributed by atoms with Crippen LogP contribution in [0.1, 0.15) is 50.5 Å². The first-order valence-electron chi connectivity index (χ1n) is 10.4. The molecule has 0 unspecified atom stereocenters. The molecule has 0 radical (unpaired) electrons. The Morgan fingerprint density at radius 3 is 2.19 bits per heavy atom. The molecule has 1 fully saturated rings. The maximum absolute atomic E-state index is 13.4. The van der Waals surface area contributed by atoms with Gasteiger partial charge >= 0.3 is 5.97 Å². The standard InChI is InChI=1S/C22H29N3O5S2/c1-12-11-13(2)15(4)19(14(12)3)32(28,29)25-9-7-17(8-10-25)20(26)24-22-23-16(5)18(31-22)21(27)30-6/h11,17H,7-10H2,1-6H3,(H,23,24,26). The first-order valence-corrected chi connectivity index (χ1v) is 12.7. The summed E-state index contributed by atoms with van der Waals surface area (Å²) in [5.74, 6) is -1.03. The first-order chi connectivity index (χ1) is 15.0. The summed E-state index contributed by atoms with van der Waals surface area (Å²) >= 11 is 1.07. The molecule has 0 aliphatic carbocycles. The highest BCUT2D eigenvalue weighted by atomic mass is 32.2. The Morgan fingerprint density at radius 2 is 1.66 bits per heavy atom. The van der Waals surface area contributed by atoms with Crippen molar-refractivity contribution in [1.29, 1.82) is 0 Å². The van der Waals surface area contributed by atoms with Crippen molar-refractivity contribution < 1.29 is 22.7 Å². The predicted molar refractivity (Wildman–Crippen MR) is 124 cm³/mol. The summed E-state index contributed by atoms with van der Waals surface area (Å²) in [6.45, 7) is 9.75. The third kappa shape index (κ3) is 4.57. The Balaban J connectivity index is 1.70. The van der Waals surface area contributed by atoms with Crippen LogP contribution in [0, 0.1) is 40.5 Å². The zero-order valence-corrected chi connectivity index (χ0v) is 20.9. The van der Waals surface area contributed by atoms with Gasteiger partial charge in [0.25, 0.3) is 0 Å². The number of piperidine rings is 1. The van der Waals surface area contributed by atoms with Crippen molar-refractivity contribution in [3.63, 3.8) is 0 Å². The molecule has 0 spiro atoms. The van der Waals surface area contributed by atoms with E-state index in [1.54, 1.807) is 6.92 Å². The monoisotopic (exact) mass is 479 g/mol. The van der Waals surface area contributed by atoms with Crippen molar-refractivity contribution in [3.8, 4) is 0 Å². The number of benzene rings is 1. The molecule has 1 saturated heterocycles. The molecule has 174 valence electrons. The Labute approximate surface area is 193 Å². The van der Waals surface area contributed by atoms with Gasteiger partial charge in [0.15, 0.2) is 5.13 Å². The maximum atomic E-state index is 13.4. The number of amides is 1. The van der Waals surface area contributed by atoms with E-state index < -0.39 is 16.0 Å². The van der Waals surface area contributed by atoms with Crippen LogP contribution >= 0.6 is 11.3 Å². The molecule has 0 saturated carbocycles. The van der Waals surface area contributed by atoms with Gasteiger partial charge in [-0.05, 0) is 69.7 Å². The number of esters is 1. The van der Waals surface area contributed by atoms with Gasteiger partial charge in [0.2, 0.25) is 15.9 Å². The molecule has 8 nitrogen and oxygen atoms in total. The lowest BCUT2D eigenvalue weighted by Crippen LogP contribution is -2.41. The Bertz CT molecular complexity index is 1140. The van der Waals surface area contributed by atoms with Gasteiger partial charge in [-0.1, -0.05) is 17.4 Å². The first kappa shape index (κ1) is 24.3. The lowest BCUT2D eigenvalue weighted by atomic mass is 9.97. The predicted octanol–water partition coefficient (Wildman–Crippen LogP) is 3.51. The summed E-state index contributed by atoms with van der Waals surface area (Å²) in [4.78, 5) is 29.4. The molecular weight excluding hydrogens is 450 g/mol. The van der Waals surface area contributed by atoms with Crippen LogP contribution in [-0.4, -0.2) is 49.8 Å². The summed E-state index contributed by atoms with van der Waals surface area (Å²) in [5.41, 5.74) is 3.94. The number of ether oxygens (including phenoxy) is 1. The molecule has 0 bridgehead atoms. The zero-order chi connectivity index (χ0) is 23.8. The fraction of sp³-hybridized carbons (Fsp3) is 0.500. The average molecular weight is 480 g/mol. The third-order valence-electron chi connectivity index (χ3n) is 6.12. The number of thiazole rings is 1. The van der Waals surface area contributed by atoms with Crippen LogP contribution < -0.4 is 5.32 Å². The van der Waals surface area contributed by atoms with E-state index in [4.69, 9.17) is 4.74 Å². The quantitative estimate of drug-likeness (QED) is 0.658. The number of hydrogen-bond donors (Lipinski definition) is 1. The van der Waals surface area contributed by atoms with Gasteiger partial charge in [-0.3, -0.25) is 4.79 Å². The molecule has 1 aromatic heterocycles. The lowest BCUT2D eigenvalue weighted by molar-refractivity contribution is -0.120. The van der Waals surface area contributed by atoms with Gasteiger partial charge in [0.05, 0.1) is 17.7 Å². The van der Waals surface area contributed by atoms with E-state index in [9.17, 15) is 18.0 Å². The second kappa shape index (κ2) is 9.29. The molecule has 1 aliphatic rings. The minimum Gasteiger partial charge on any atom is -0.465 e. The van der Waals surface area contributed by atoms with Crippen LogP contribution in [-0.2, 0) is 19.6 Å². The Morgan fingerprint density at radius 1 is 1.09 bits per heavy atom. The van der Waals surface area contributed by atoms with Crippen LogP contribution in [0.3, 0.4) is 0 Å². The summed E-state index contributed by atoms with van der Waals surface area (Å²) in [5, 5.41) is 3.10. The number of methoxy groups -OCH3 is 1. The molecule has 10 heteroatoms. The molecule has 2 heterocycles. The average Bonchev–Trinajstić information content (AvgIpc) is 3.11. The topological polar surface area (TPSA) is 106 Å². The highest BCUT2D eigenvalue weighted by Crippen LogP contribution is 2.32. The molecule has 1 aromatic carbocycles. The number of rotatable bonds is 5. The number of carbonyl (C=O) groups is 2. The van der Waals surface area contributed by atoms with Gasteiger partial charge < -0.3 is 10.1 Å². The molecule has 1 amide bonds. The zero-order valence-electron chi connectivity index (χ0n) is 19.2. The van der Waals surface area contributed by atoms with Crippen molar-refractivity contribution >= 4 is 38.4 Å². The van der Waals surface area contributed by atoms with Crippen molar-refractivity contribution in [2.24, 2.45) is 5.92 Å². The minimum atomic E-state index is -3.65. The summed E-state index contributed by atoms with van der Waals surface area (Å²) in [6, 6.07) is 2.01. The number of hydrogen-bond acceptors (Lipinski definition) is 7. The van der Waals surface area contributed by atoms with Crippen LogP contribution in [0.25, 0.3) is 0 Å². The van der Waals surface area contributed by atoms with Crippen LogP contribution in [0.15, 0.2) is 11.0 Å². The van der Waals surface area contributed by atoms with E-state index in [2.05, 4.69) is 10.3 Å². The second-order valence-corrected chi connectivity index (χ2v) is 11.1. The molecule has 1 N–H and O–H groups in total. The largest absolute Gasteiger partial charge is 0.465 e. The number of anilines is 1. The fourth-order valence-electron chi connectivity index (χ4n) is 3.99. The van der Waals surface area contributed by atoms with E-state index >= 15 is 0 Å². The highest BCUT2D eigenvalue weighted by Gasteiger charge is 2.34. The summed E-state index contributed by atoms with van der Waals surface area (Å²) in [6.07, 6.45) is 0.838. The van der Waals surface area contributed by atoms with Gasteiger partial charge in [-0.2, -0.15) is 4.31 Å². The molecule has 2 aromatic rings. The van der Waals surface area contributed by atoms with E-state index in [1.807, 2.05) is 33.8 Å². The number of nitrogens with zero attached hydrogens (tertiary/aromatic N) is 2. The Kier molecular flexibility index (Phi) is 7.06. The molecule has 1 aliphatic heterocycles. The number of carbonyl (C=O) groups excluding carboxylic acids is 2. The van der Waals surface area contributed by atoms with Crippen molar-refractivity contribution in [2.45, 2.75) is 52.4 Å². The smallest absolute Gasteiger partial charge is 0.350 e. The van der Waals surface area contributed by atoms with Crippen molar-refractivity contribution in [2.75, 3.05) is 25.5 Å². The number of aryl methyl sites for hydroxylation is 3. The maximum Gasteiger partial charge on any atom is 0.350 e. The molecular formula is C22H29N3O5S2. The molecule has 32 heavy (non-hydrogen) atoms. The van der Waals surface area contributed by atoms with E-state index in [0.29, 0.717) is 33.4 Å². The van der Waals surface area contributed by atoms with Gasteiger partial charge in [0.1, 0.15) is 4.88 Å². The lowest BCUT2D eigenvalue weighted by Gasteiger charge is -2.31. The Hall–Kier alpha value is -2.30. The number of nitrogens with one attached hydrogen (secondary N) is 1. The van der Waals surface area contributed by atoms with Crippen LogP contribution in [0.2, 0.25) is 0 Å². The van der Waals surface area contributed by atoms with E-state index in [-0.39, 0.29) is 24.9 Å². The second-order valence-electron chi connectivity index (χ2n) is 8.18. The highest BCUT2D eigenvalue weighted by molar-refractivity contribution is 7.89. The number of sulfonamides is 1.